The van der Waals surface area contributed by atoms with Gasteiger partial charge in [-0.1, -0.05) is 6.92 Å². The molecule has 0 amide bonds. The Kier molecular flexibility index (Phi) is 4.93. The third-order valence-electron chi connectivity index (χ3n) is 3.16. The van der Waals surface area contributed by atoms with Gasteiger partial charge in [0.05, 0.1) is 0 Å². The molecule has 1 aromatic heterocycles. The first kappa shape index (κ1) is 14.0. The molecular formula is C13H24N6. The second-order valence-corrected chi connectivity index (χ2v) is 5.05. The van der Waals surface area contributed by atoms with Crippen LogP contribution in [0.2, 0.25) is 0 Å². The molecule has 0 bridgehead atoms. The predicted octanol–water partition coefficient (Wildman–Crippen LogP) is 1.18. The van der Waals surface area contributed by atoms with Gasteiger partial charge in [0.15, 0.2) is 0 Å². The maximum atomic E-state index is 4.50. The van der Waals surface area contributed by atoms with Crippen molar-refractivity contribution in [2.24, 2.45) is 0 Å². The fourth-order valence-corrected chi connectivity index (χ4v) is 2.02. The van der Waals surface area contributed by atoms with Gasteiger partial charge in [-0.15, -0.1) is 0 Å². The Bertz CT molecular complexity index is 400. The number of aromatic nitrogens is 2. The molecule has 2 rings (SSSR count). The van der Waals surface area contributed by atoms with Gasteiger partial charge >= 0.3 is 0 Å². The minimum Gasteiger partial charge on any atom is -0.354 e. The number of hydrogen-bond acceptors (Lipinski definition) is 6. The number of hydrogen-bond donors (Lipinski definition) is 2. The van der Waals surface area contributed by atoms with E-state index in [0.29, 0.717) is 5.95 Å². The van der Waals surface area contributed by atoms with Crippen molar-refractivity contribution in [3.63, 3.8) is 0 Å². The molecule has 1 fully saturated rings. The lowest BCUT2D eigenvalue weighted by Gasteiger charge is -2.32. The molecule has 1 aliphatic heterocycles. The lowest BCUT2D eigenvalue weighted by molar-refractivity contribution is 0.178. The molecule has 0 radical (unpaired) electrons. The van der Waals surface area contributed by atoms with E-state index < -0.39 is 0 Å². The van der Waals surface area contributed by atoms with Crippen LogP contribution in [0.3, 0.4) is 0 Å². The van der Waals surface area contributed by atoms with E-state index in [4.69, 9.17) is 0 Å². The van der Waals surface area contributed by atoms with Gasteiger partial charge in [-0.25, -0.2) is 9.99 Å². The SMILES string of the molecule is CCCNc1nc(C)cc(NN2CCN(C)CC2)n1. The molecule has 19 heavy (non-hydrogen) atoms. The zero-order chi connectivity index (χ0) is 13.7. The number of piperazine rings is 1. The van der Waals surface area contributed by atoms with Crippen molar-refractivity contribution in [1.29, 1.82) is 0 Å². The fraction of sp³-hybridized carbons (Fsp3) is 0.692. The van der Waals surface area contributed by atoms with Crippen LogP contribution in [0, 0.1) is 6.92 Å². The molecule has 0 aromatic carbocycles. The molecular weight excluding hydrogens is 240 g/mol. The molecule has 2 heterocycles. The standard InChI is InChI=1S/C13H24N6/c1-4-5-14-13-15-11(2)10-12(16-13)17-19-8-6-18(3)7-9-19/h10H,4-9H2,1-3H3,(H2,14,15,16,17). The molecule has 6 heteroatoms. The van der Waals surface area contributed by atoms with E-state index in [2.05, 4.69) is 44.6 Å². The Morgan fingerprint density at radius 3 is 2.63 bits per heavy atom. The number of hydrazine groups is 1. The van der Waals surface area contributed by atoms with Crippen molar-refractivity contribution in [3.8, 4) is 0 Å². The first-order chi connectivity index (χ1) is 9.17. The Labute approximate surface area is 115 Å². The molecule has 106 valence electrons. The number of likely N-dealkylation sites (N-methyl/N-ethyl adjacent to an activating group) is 1. The first-order valence-corrected chi connectivity index (χ1v) is 6.97. The van der Waals surface area contributed by atoms with Crippen LogP contribution < -0.4 is 10.7 Å². The first-order valence-electron chi connectivity index (χ1n) is 6.97. The average molecular weight is 264 g/mol. The van der Waals surface area contributed by atoms with E-state index >= 15 is 0 Å². The van der Waals surface area contributed by atoms with Crippen molar-refractivity contribution >= 4 is 11.8 Å². The quantitative estimate of drug-likeness (QED) is 0.833. The van der Waals surface area contributed by atoms with Crippen molar-refractivity contribution in [2.75, 3.05) is 50.5 Å². The van der Waals surface area contributed by atoms with Gasteiger partial charge in [0.2, 0.25) is 5.95 Å². The Morgan fingerprint density at radius 2 is 1.95 bits per heavy atom. The summed E-state index contributed by atoms with van der Waals surface area (Å²) in [5, 5.41) is 5.44. The van der Waals surface area contributed by atoms with Crippen LogP contribution in [-0.4, -0.2) is 59.6 Å². The molecule has 1 aliphatic rings. The molecule has 0 unspecified atom stereocenters. The summed E-state index contributed by atoms with van der Waals surface area (Å²) in [4.78, 5) is 11.2. The highest BCUT2D eigenvalue weighted by Gasteiger charge is 2.14. The lowest BCUT2D eigenvalue weighted by atomic mass is 10.4. The third-order valence-corrected chi connectivity index (χ3v) is 3.16. The maximum Gasteiger partial charge on any atom is 0.224 e. The molecule has 1 saturated heterocycles. The monoisotopic (exact) mass is 264 g/mol. The smallest absolute Gasteiger partial charge is 0.224 e. The highest BCUT2D eigenvalue weighted by atomic mass is 15.5. The van der Waals surface area contributed by atoms with Crippen molar-refractivity contribution in [1.82, 2.24) is 19.9 Å². The predicted molar refractivity (Wildman–Crippen MR) is 78.2 cm³/mol. The molecule has 1 aromatic rings. The lowest BCUT2D eigenvalue weighted by Crippen LogP contribution is -2.47. The van der Waals surface area contributed by atoms with E-state index in [0.717, 1.165) is 50.7 Å². The second kappa shape index (κ2) is 6.68. The van der Waals surface area contributed by atoms with Gasteiger partial charge in [-0.05, 0) is 20.4 Å². The van der Waals surface area contributed by atoms with Crippen LogP contribution in [0.1, 0.15) is 19.0 Å². The van der Waals surface area contributed by atoms with Gasteiger partial charge in [0.1, 0.15) is 5.82 Å². The molecule has 0 spiro atoms. The highest BCUT2D eigenvalue weighted by molar-refractivity contribution is 5.41. The van der Waals surface area contributed by atoms with Crippen LogP contribution >= 0.6 is 0 Å². The van der Waals surface area contributed by atoms with Gasteiger partial charge in [0.25, 0.3) is 0 Å². The van der Waals surface area contributed by atoms with Crippen molar-refractivity contribution < 1.29 is 0 Å². The van der Waals surface area contributed by atoms with Crippen molar-refractivity contribution in [3.05, 3.63) is 11.8 Å². The Hall–Kier alpha value is -1.40. The Morgan fingerprint density at radius 1 is 1.21 bits per heavy atom. The zero-order valence-corrected chi connectivity index (χ0v) is 12.1. The topological polar surface area (TPSA) is 56.3 Å². The van der Waals surface area contributed by atoms with Crippen LogP contribution in [0.15, 0.2) is 6.07 Å². The summed E-state index contributed by atoms with van der Waals surface area (Å²) >= 11 is 0. The van der Waals surface area contributed by atoms with E-state index in [1.54, 1.807) is 0 Å². The molecule has 0 atom stereocenters. The summed E-state index contributed by atoms with van der Waals surface area (Å²) in [5.41, 5.74) is 4.35. The number of anilines is 2. The van der Waals surface area contributed by atoms with E-state index in [-0.39, 0.29) is 0 Å². The zero-order valence-electron chi connectivity index (χ0n) is 12.1. The van der Waals surface area contributed by atoms with Gasteiger partial charge in [-0.2, -0.15) is 4.98 Å². The highest BCUT2D eigenvalue weighted by Crippen LogP contribution is 2.11. The summed E-state index contributed by atoms with van der Waals surface area (Å²) in [5.74, 6) is 1.58. The van der Waals surface area contributed by atoms with E-state index in [9.17, 15) is 0 Å². The third kappa shape index (κ3) is 4.33. The number of nitrogens with zero attached hydrogens (tertiary/aromatic N) is 4. The summed E-state index contributed by atoms with van der Waals surface area (Å²) in [6.45, 7) is 9.21. The van der Waals surface area contributed by atoms with Crippen LogP contribution in [-0.2, 0) is 0 Å². The second-order valence-electron chi connectivity index (χ2n) is 5.05. The van der Waals surface area contributed by atoms with Crippen LogP contribution in [0.4, 0.5) is 11.8 Å². The minimum atomic E-state index is 0.707. The molecule has 0 saturated carbocycles. The molecule has 0 aliphatic carbocycles. The van der Waals surface area contributed by atoms with Crippen molar-refractivity contribution in [2.45, 2.75) is 20.3 Å². The largest absolute Gasteiger partial charge is 0.354 e. The number of nitrogens with one attached hydrogen (secondary N) is 2. The minimum absolute atomic E-state index is 0.707. The van der Waals surface area contributed by atoms with Gasteiger partial charge < -0.3 is 15.6 Å². The fourth-order valence-electron chi connectivity index (χ4n) is 2.02. The summed E-state index contributed by atoms with van der Waals surface area (Å²) in [6, 6.07) is 1.98. The van der Waals surface area contributed by atoms with Gasteiger partial charge in [-0.3, -0.25) is 0 Å². The summed E-state index contributed by atoms with van der Waals surface area (Å²) in [7, 11) is 2.15. The molecule has 6 nitrogen and oxygen atoms in total. The average Bonchev–Trinajstić information content (AvgIpc) is 2.38. The van der Waals surface area contributed by atoms with E-state index in [1.807, 2.05) is 13.0 Å². The number of aryl methyl sites for hydroxylation is 1. The van der Waals surface area contributed by atoms with E-state index in [1.165, 1.54) is 0 Å². The van der Waals surface area contributed by atoms with Gasteiger partial charge in [0, 0.05) is 44.5 Å². The summed E-state index contributed by atoms with van der Waals surface area (Å²) < 4.78 is 0. The summed E-state index contributed by atoms with van der Waals surface area (Å²) in [6.07, 6.45) is 1.07. The maximum absolute atomic E-state index is 4.50. The number of rotatable bonds is 5. The Balaban J connectivity index is 1.97. The molecule has 2 N–H and O–H groups in total. The van der Waals surface area contributed by atoms with Crippen LogP contribution in [0.5, 0.6) is 0 Å². The normalized spacial score (nSPS) is 17.4. The van der Waals surface area contributed by atoms with Crippen LogP contribution in [0.25, 0.3) is 0 Å².